The van der Waals surface area contributed by atoms with Gasteiger partial charge in [0.05, 0.1) is 0 Å². The fourth-order valence-corrected chi connectivity index (χ4v) is 4.55. The van der Waals surface area contributed by atoms with Gasteiger partial charge in [0.15, 0.2) is 0 Å². The van der Waals surface area contributed by atoms with Crippen LogP contribution < -0.4 is 4.74 Å². The molecule has 0 amide bonds. The molecule has 1 aromatic carbocycles. The second kappa shape index (κ2) is 8.19. The Bertz CT molecular complexity index is 630. The van der Waals surface area contributed by atoms with Crippen LogP contribution in [0.1, 0.15) is 56.9 Å². The van der Waals surface area contributed by atoms with Gasteiger partial charge < -0.3 is 9.84 Å². The number of ether oxygens (including phenoxy) is 1. The lowest BCUT2D eigenvalue weighted by Gasteiger charge is -2.15. The van der Waals surface area contributed by atoms with Gasteiger partial charge >= 0.3 is 5.97 Å². The lowest BCUT2D eigenvalue weighted by atomic mass is 9.94. The molecule has 0 radical (unpaired) electrons. The summed E-state index contributed by atoms with van der Waals surface area (Å²) < 4.78 is 6.97. The molecule has 0 bridgehead atoms. The predicted molar refractivity (Wildman–Crippen MR) is 98.4 cm³/mol. The van der Waals surface area contributed by atoms with E-state index in [4.69, 9.17) is 9.84 Å². The first-order valence-corrected chi connectivity index (χ1v) is 9.76. The van der Waals surface area contributed by atoms with Gasteiger partial charge in [-0.15, -0.1) is 0 Å². The zero-order valence-electron chi connectivity index (χ0n) is 14.0. The highest BCUT2D eigenvalue weighted by Crippen LogP contribution is 2.40. The summed E-state index contributed by atoms with van der Waals surface area (Å²) in [5.41, 5.74) is 4.22. The number of benzene rings is 1. The molecule has 1 fully saturated rings. The molecule has 0 spiro atoms. The number of hydrogen-bond acceptors (Lipinski definition) is 2. The number of halogens is 1. The van der Waals surface area contributed by atoms with Crippen LogP contribution in [0.5, 0.6) is 5.75 Å². The largest absolute Gasteiger partial charge is 0.489 e. The van der Waals surface area contributed by atoms with Gasteiger partial charge in [-0.3, -0.25) is 4.79 Å². The van der Waals surface area contributed by atoms with Crippen LogP contribution in [0, 0.1) is 5.92 Å². The van der Waals surface area contributed by atoms with E-state index < -0.39 is 5.97 Å². The molecule has 0 saturated heterocycles. The molecule has 0 unspecified atom stereocenters. The number of allylic oxidation sites excluding steroid dienone is 1. The van der Waals surface area contributed by atoms with Crippen LogP contribution in [0.15, 0.2) is 33.8 Å². The molecule has 4 heteroatoms. The highest BCUT2D eigenvalue weighted by Gasteiger charge is 2.25. The smallest absolute Gasteiger partial charge is 0.303 e. The fourth-order valence-electron chi connectivity index (χ4n) is 3.99. The molecule has 0 heterocycles. The minimum atomic E-state index is -0.769. The summed E-state index contributed by atoms with van der Waals surface area (Å²) in [5.74, 6) is 0.900. The zero-order valence-corrected chi connectivity index (χ0v) is 15.6. The number of rotatable bonds is 7. The monoisotopic (exact) mass is 392 g/mol. The standard InChI is InChI=1S/C20H25BrO3/c21-19-12-17(10-8-15(19)9-11-20(22)23)24-13-16-6-3-7-18(16)14-4-1-2-5-14/h8,10,12,14H,1-7,9,11,13H2,(H,22,23). The number of hydrogen-bond donors (Lipinski definition) is 1. The van der Waals surface area contributed by atoms with Crippen molar-refractivity contribution in [1.82, 2.24) is 0 Å². The molecule has 130 valence electrons. The van der Waals surface area contributed by atoms with E-state index in [0.717, 1.165) is 21.7 Å². The van der Waals surface area contributed by atoms with Crippen LogP contribution >= 0.6 is 15.9 Å². The topological polar surface area (TPSA) is 46.5 Å². The molecule has 1 N–H and O–H groups in total. The zero-order chi connectivity index (χ0) is 16.9. The first-order valence-electron chi connectivity index (χ1n) is 8.97. The molecule has 3 nitrogen and oxygen atoms in total. The Kier molecular flexibility index (Phi) is 5.99. The minimum absolute atomic E-state index is 0.149. The summed E-state index contributed by atoms with van der Waals surface area (Å²) in [6.45, 7) is 0.701. The Morgan fingerprint density at radius 2 is 2.00 bits per heavy atom. The van der Waals surface area contributed by atoms with Crippen molar-refractivity contribution in [3.05, 3.63) is 39.4 Å². The van der Waals surface area contributed by atoms with Crippen LogP contribution in [0.25, 0.3) is 0 Å². The van der Waals surface area contributed by atoms with Crippen LogP contribution in [0.4, 0.5) is 0 Å². The van der Waals surface area contributed by atoms with Crippen molar-refractivity contribution in [1.29, 1.82) is 0 Å². The van der Waals surface area contributed by atoms with Crippen LogP contribution in [0.3, 0.4) is 0 Å². The van der Waals surface area contributed by atoms with Gasteiger partial charge in [-0.05, 0) is 67.7 Å². The number of aliphatic carboxylic acids is 1. The van der Waals surface area contributed by atoms with Crippen LogP contribution in [0.2, 0.25) is 0 Å². The van der Waals surface area contributed by atoms with Gasteiger partial charge in [-0.2, -0.15) is 0 Å². The SMILES string of the molecule is O=C(O)CCc1ccc(OCC2=C(C3CCCC3)CCC2)cc1Br. The summed E-state index contributed by atoms with van der Waals surface area (Å²) in [7, 11) is 0. The van der Waals surface area contributed by atoms with E-state index in [-0.39, 0.29) is 6.42 Å². The normalized spacial score (nSPS) is 18.4. The maximum absolute atomic E-state index is 10.7. The fraction of sp³-hybridized carbons (Fsp3) is 0.550. The van der Waals surface area contributed by atoms with Gasteiger partial charge in [0.1, 0.15) is 12.4 Å². The summed E-state index contributed by atoms with van der Waals surface area (Å²) >= 11 is 3.53. The quantitative estimate of drug-likeness (QED) is 0.621. The van der Waals surface area contributed by atoms with E-state index in [1.807, 2.05) is 18.2 Å². The Balaban J connectivity index is 1.60. The molecule has 24 heavy (non-hydrogen) atoms. The van der Waals surface area contributed by atoms with Crippen molar-refractivity contribution >= 4 is 21.9 Å². The van der Waals surface area contributed by atoms with E-state index in [9.17, 15) is 4.79 Å². The summed E-state index contributed by atoms with van der Waals surface area (Å²) in [6, 6.07) is 5.87. The van der Waals surface area contributed by atoms with Crippen molar-refractivity contribution < 1.29 is 14.6 Å². The second-order valence-corrected chi connectivity index (χ2v) is 7.75. The molecular weight excluding hydrogens is 368 g/mol. The van der Waals surface area contributed by atoms with E-state index >= 15 is 0 Å². The summed E-state index contributed by atoms with van der Waals surface area (Å²) in [6.07, 6.45) is 9.91. The molecule has 1 saturated carbocycles. The van der Waals surface area contributed by atoms with Gasteiger partial charge in [0.2, 0.25) is 0 Å². The Hall–Kier alpha value is -1.29. The second-order valence-electron chi connectivity index (χ2n) is 6.90. The maximum Gasteiger partial charge on any atom is 0.303 e. The third kappa shape index (κ3) is 4.41. The van der Waals surface area contributed by atoms with Gasteiger partial charge in [0.25, 0.3) is 0 Å². The van der Waals surface area contributed by atoms with Crippen molar-refractivity contribution in [2.24, 2.45) is 5.92 Å². The predicted octanol–water partition coefficient (Wildman–Crippen LogP) is 5.52. The molecule has 0 aliphatic heterocycles. The van der Waals surface area contributed by atoms with E-state index in [1.165, 1.54) is 50.5 Å². The Morgan fingerprint density at radius 1 is 1.21 bits per heavy atom. The third-order valence-electron chi connectivity index (χ3n) is 5.27. The summed E-state index contributed by atoms with van der Waals surface area (Å²) in [4.78, 5) is 10.7. The average molecular weight is 393 g/mol. The van der Waals surface area contributed by atoms with Crippen molar-refractivity contribution in [2.45, 2.75) is 57.8 Å². The first kappa shape index (κ1) is 17.5. The number of carbonyl (C=O) groups is 1. The Morgan fingerprint density at radius 3 is 2.71 bits per heavy atom. The molecular formula is C20H25BrO3. The molecule has 0 atom stereocenters. The van der Waals surface area contributed by atoms with Crippen LogP contribution in [-0.2, 0) is 11.2 Å². The average Bonchev–Trinajstić information content (AvgIpc) is 3.22. The van der Waals surface area contributed by atoms with E-state index in [0.29, 0.717) is 13.0 Å². The lowest BCUT2D eigenvalue weighted by molar-refractivity contribution is -0.136. The Labute approximate surface area is 152 Å². The molecule has 0 aromatic heterocycles. The third-order valence-corrected chi connectivity index (χ3v) is 6.01. The van der Waals surface area contributed by atoms with Crippen molar-refractivity contribution in [3.63, 3.8) is 0 Å². The van der Waals surface area contributed by atoms with Crippen molar-refractivity contribution in [3.8, 4) is 5.75 Å². The highest BCUT2D eigenvalue weighted by atomic mass is 79.9. The number of carboxylic acid groups (broad SMARTS) is 1. The van der Waals surface area contributed by atoms with Gasteiger partial charge in [-0.25, -0.2) is 0 Å². The van der Waals surface area contributed by atoms with E-state index in [1.54, 1.807) is 5.57 Å². The number of carboxylic acids is 1. The maximum atomic E-state index is 10.7. The van der Waals surface area contributed by atoms with Gasteiger partial charge in [0, 0.05) is 10.9 Å². The lowest BCUT2D eigenvalue weighted by Crippen LogP contribution is -2.06. The molecule has 2 aliphatic rings. The van der Waals surface area contributed by atoms with E-state index in [2.05, 4.69) is 15.9 Å². The molecule has 1 aromatic rings. The number of aryl methyl sites for hydroxylation is 1. The van der Waals surface area contributed by atoms with Gasteiger partial charge in [-0.1, -0.05) is 40.4 Å². The minimum Gasteiger partial charge on any atom is -0.489 e. The van der Waals surface area contributed by atoms with Crippen molar-refractivity contribution in [2.75, 3.05) is 6.61 Å². The molecule has 3 rings (SSSR count). The molecule has 2 aliphatic carbocycles. The van der Waals surface area contributed by atoms with Crippen LogP contribution in [-0.4, -0.2) is 17.7 Å². The first-order chi connectivity index (χ1) is 11.6. The highest BCUT2D eigenvalue weighted by molar-refractivity contribution is 9.10. The summed E-state index contributed by atoms with van der Waals surface area (Å²) in [5, 5.41) is 8.80.